The summed E-state index contributed by atoms with van der Waals surface area (Å²) in [5, 5.41) is 2.92. The molecule has 6 heteroatoms. The van der Waals surface area contributed by atoms with E-state index in [9.17, 15) is 9.59 Å². The zero-order valence-corrected chi connectivity index (χ0v) is 19.0. The maximum Gasteiger partial charge on any atom is 0.237 e. The minimum Gasteiger partial charge on any atom is -0.496 e. The van der Waals surface area contributed by atoms with Gasteiger partial charge in [-0.05, 0) is 48.6 Å². The molecule has 1 N–H and O–H groups in total. The lowest BCUT2D eigenvalue weighted by molar-refractivity contribution is -0.138. The Hall–Kier alpha value is -2.86. The first-order valence-electron chi connectivity index (χ1n) is 10.8. The monoisotopic (exact) mass is 423 g/mol. The number of nitrogens with one attached hydrogen (secondary N) is 1. The molecule has 0 aliphatic carbocycles. The maximum absolute atomic E-state index is 12.9. The van der Waals surface area contributed by atoms with Crippen LogP contribution in [0.3, 0.4) is 0 Å². The van der Waals surface area contributed by atoms with Crippen LogP contribution in [-0.4, -0.2) is 61.4 Å². The minimum absolute atomic E-state index is 0.00869. The Kier molecular flexibility index (Phi) is 7.69. The lowest BCUT2D eigenvalue weighted by atomic mass is 10.00. The molecule has 2 aromatic carbocycles. The van der Waals surface area contributed by atoms with Crippen molar-refractivity contribution in [3.05, 3.63) is 64.7 Å². The van der Waals surface area contributed by atoms with Crippen molar-refractivity contribution in [3.63, 3.8) is 0 Å². The zero-order chi connectivity index (χ0) is 22.4. The van der Waals surface area contributed by atoms with Gasteiger partial charge < -0.3 is 15.0 Å². The van der Waals surface area contributed by atoms with E-state index in [1.54, 1.807) is 12.0 Å². The van der Waals surface area contributed by atoms with Crippen molar-refractivity contribution < 1.29 is 14.3 Å². The van der Waals surface area contributed by atoms with E-state index in [4.69, 9.17) is 4.74 Å². The van der Waals surface area contributed by atoms with Gasteiger partial charge in [0.25, 0.3) is 0 Å². The second-order valence-corrected chi connectivity index (χ2v) is 8.21. The first-order chi connectivity index (χ1) is 14.9. The van der Waals surface area contributed by atoms with Crippen molar-refractivity contribution in [2.45, 2.75) is 39.3 Å². The predicted molar refractivity (Wildman–Crippen MR) is 122 cm³/mol. The van der Waals surface area contributed by atoms with E-state index in [0.717, 1.165) is 35.4 Å². The molecule has 1 aliphatic rings. The fourth-order valence-corrected chi connectivity index (χ4v) is 4.02. The Morgan fingerprint density at radius 1 is 1.16 bits per heavy atom. The van der Waals surface area contributed by atoms with Crippen molar-refractivity contribution in [2.24, 2.45) is 0 Å². The Labute approximate surface area is 185 Å². The van der Waals surface area contributed by atoms with Crippen LogP contribution in [0.1, 0.15) is 28.7 Å². The van der Waals surface area contributed by atoms with Gasteiger partial charge in [-0.15, -0.1) is 0 Å². The number of hydrogen-bond acceptors (Lipinski definition) is 4. The van der Waals surface area contributed by atoms with Gasteiger partial charge >= 0.3 is 0 Å². The van der Waals surface area contributed by atoms with E-state index in [1.165, 1.54) is 5.56 Å². The highest BCUT2D eigenvalue weighted by Gasteiger charge is 2.32. The summed E-state index contributed by atoms with van der Waals surface area (Å²) in [6, 6.07) is 13.7. The molecule has 2 aromatic rings. The molecule has 1 atom stereocenters. The molecule has 3 rings (SSSR count). The van der Waals surface area contributed by atoms with Crippen LogP contribution in [0.4, 0.5) is 0 Å². The third kappa shape index (κ3) is 5.64. The minimum atomic E-state index is -0.456. The average Bonchev–Trinajstić information content (AvgIpc) is 2.78. The lowest BCUT2D eigenvalue weighted by Gasteiger charge is -2.36. The normalized spacial score (nSPS) is 16.6. The zero-order valence-electron chi connectivity index (χ0n) is 19.0. The van der Waals surface area contributed by atoms with Crippen molar-refractivity contribution in [1.29, 1.82) is 0 Å². The molecular formula is C25H33N3O3. The van der Waals surface area contributed by atoms with Gasteiger partial charge in [0.2, 0.25) is 11.8 Å². The molecule has 31 heavy (non-hydrogen) atoms. The van der Waals surface area contributed by atoms with Crippen molar-refractivity contribution in [1.82, 2.24) is 15.1 Å². The highest BCUT2D eigenvalue weighted by Crippen LogP contribution is 2.26. The van der Waals surface area contributed by atoms with E-state index in [1.807, 2.05) is 38.2 Å². The number of methoxy groups -OCH3 is 1. The van der Waals surface area contributed by atoms with E-state index >= 15 is 0 Å². The van der Waals surface area contributed by atoms with Gasteiger partial charge in [0.15, 0.2) is 0 Å². The molecule has 0 spiro atoms. The van der Waals surface area contributed by atoms with Crippen LogP contribution >= 0.6 is 0 Å². The van der Waals surface area contributed by atoms with Crippen LogP contribution in [0.25, 0.3) is 0 Å². The Morgan fingerprint density at radius 3 is 2.61 bits per heavy atom. The first kappa shape index (κ1) is 22.8. The number of benzene rings is 2. The van der Waals surface area contributed by atoms with E-state index < -0.39 is 6.04 Å². The first-order valence-corrected chi connectivity index (χ1v) is 10.8. The summed E-state index contributed by atoms with van der Waals surface area (Å²) in [6.07, 6.45) is 0.985. The quantitative estimate of drug-likeness (QED) is 0.709. The molecule has 0 aromatic heterocycles. The number of carbonyl (C=O) groups is 2. The molecule has 0 saturated carbocycles. The molecule has 6 nitrogen and oxygen atoms in total. The topological polar surface area (TPSA) is 61.9 Å². The van der Waals surface area contributed by atoms with Gasteiger partial charge in [0, 0.05) is 33.2 Å². The van der Waals surface area contributed by atoms with Crippen LogP contribution in [0.2, 0.25) is 0 Å². The molecule has 0 radical (unpaired) electrons. The molecule has 2 amide bonds. The van der Waals surface area contributed by atoms with Crippen LogP contribution in [0.15, 0.2) is 42.5 Å². The second kappa shape index (κ2) is 10.4. The largest absolute Gasteiger partial charge is 0.496 e. The lowest BCUT2D eigenvalue weighted by Crippen LogP contribution is -2.56. The SMILES string of the molecule is COc1ccc(CN2CCNC(=O)[C@H]2CC(=O)N(C)CCc2ccccc2)c(C)c1C. The number of carbonyl (C=O) groups excluding carboxylic acids is 2. The third-order valence-corrected chi connectivity index (χ3v) is 6.26. The highest BCUT2D eigenvalue weighted by atomic mass is 16.5. The summed E-state index contributed by atoms with van der Waals surface area (Å²) in [6.45, 7) is 6.71. The fraction of sp³-hybridized carbons (Fsp3) is 0.440. The second-order valence-electron chi connectivity index (χ2n) is 8.21. The Bertz CT molecular complexity index is 914. The molecule has 1 fully saturated rings. The number of likely N-dealkylation sites (N-methyl/N-ethyl adjacent to an activating group) is 1. The molecule has 1 saturated heterocycles. The molecule has 166 valence electrons. The van der Waals surface area contributed by atoms with Crippen molar-refractivity contribution >= 4 is 11.8 Å². The van der Waals surface area contributed by atoms with Crippen LogP contribution in [-0.2, 0) is 22.6 Å². The van der Waals surface area contributed by atoms with Gasteiger partial charge in [0.05, 0.1) is 19.6 Å². The van der Waals surface area contributed by atoms with Crippen molar-refractivity contribution in [2.75, 3.05) is 33.8 Å². The van der Waals surface area contributed by atoms with Crippen LogP contribution in [0.5, 0.6) is 5.75 Å². The van der Waals surface area contributed by atoms with E-state index in [0.29, 0.717) is 19.6 Å². The number of rotatable bonds is 8. The molecule has 0 bridgehead atoms. The molecule has 1 aliphatic heterocycles. The van der Waals surface area contributed by atoms with Gasteiger partial charge in [-0.1, -0.05) is 36.4 Å². The Morgan fingerprint density at radius 2 is 1.90 bits per heavy atom. The number of ether oxygens (including phenoxy) is 1. The van der Waals surface area contributed by atoms with Gasteiger partial charge in [0.1, 0.15) is 5.75 Å². The number of hydrogen-bond donors (Lipinski definition) is 1. The molecule has 1 heterocycles. The van der Waals surface area contributed by atoms with Gasteiger partial charge in [-0.3, -0.25) is 14.5 Å². The standard InChI is InChI=1S/C25H33N3O3/c1-18-19(2)23(31-4)11-10-21(18)17-28-15-13-26-25(30)22(28)16-24(29)27(3)14-12-20-8-6-5-7-9-20/h5-11,22H,12-17H2,1-4H3,(H,26,30)/t22-/m1/s1. The molecular weight excluding hydrogens is 390 g/mol. The van der Waals surface area contributed by atoms with Crippen LogP contribution < -0.4 is 10.1 Å². The fourth-order valence-electron chi connectivity index (χ4n) is 4.02. The van der Waals surface area contributed by atoms with Gasteiger partial charge in [-0.25, -0.2) is 0 Å². The highest BCUT2D eigenvalue weighted by molar-refractivity contribution is 5.88. The summed E-state index contributed by atoms with van der Waals surface area (Å²) < 4.78 is 5.41. The summed E-state index contributed by atoms with van der Waals surface area (Å²) in [5.74, 6) is 0.786. The predicted octanol–water partition coefficient (Wildman–Crippen LogP) is 2.70. The Balaban J connectivity index is 1.66. The smallest absolute Gasteiger partial charge is 0.237 e. The number of nitrogens with zero attached hydrogens (tertiary/aromatic N) is 2. The van der Waals surface area contributed by atoms with E-state index in [2.05, 4.69) is 35.3 Å². The summed E-state index contributed by atoms with van der Waals surface area (Å²) in [5.41, 5.74) is 4.62. The third-order valence-electron chi connectivity index (χ3n) is 6.26. The van der Waals surface area contributed by atoms with Gasteiger partial charge in [-0.2, -0.15) is 0 Å². The van der Waals surface area contributed by atoms with Crippen LogP contribution in [0, 0.1) is 13.8 Å². The summed E-state index contributed by atoms with van der Waals surface area (Å²) in [4.78, 5) is 29.4. The summed E-state index contributed by atoms with van der Waals surface area (Å²) >= 11 is 0. The molecule has 0 unspecified atom stereocenters. The average molecular weight is 424 g/mol. The maximum atomic E-state index is 12.9. The van der Waals surface area contributed by atoms with Crippen molar-refractivity contribution in [3.8, 4) is 5.75 Å². The van der Waals surface area contributed by atoms with E-state index in [-0.39, 0.29) is 18.2 Å². The number of piperazine rings is 1. The number of amides is 2. The summed E-state index contributed by atoms with van der Waals surface area (Å²) in [7, 11) is 3.49.